The van der Waals surface area contributed by atoms with Crippen molar-refractivity contribution in [2.45, 2.75) is 32.4 Å². The van der Waals surface area contributed by atoms with Crippen LogP contribution in [-0.2, 0) is 16.0 Å². The third-order valence-corrected chi connectivity index (χ3v) is 5.03. The van der Waals surface area contributed by atoms with Crippen LogP contribution < -0.4 is 5.32 Å². The quantitative estimate of drug-likeness (QED) is 0.907. The predicted octanol–water partition coefficient (Wildman–Crippen LogP) is 1.44. The highest BCUT2D eigenvalue weighted by Crippen LogP contribution is 2.25. The van der Waals surface area contributed by atoms with Gasteiger partial charge in [0.15, 0.2) is 0 Å². The minimum Gasteiger partial charge on any atom is -0.378 e. The maximum absolute atomic E-state index is 13.3. The summed E-state index contributed by atoms with van der Waals surface area (Å²) < 4.78 is 5.41. The number of carbonyl (C=O) groups is 1. The van der Waals surface area contributed by atoms with Gasteiger partial charge in [-0.3, -0.25) is 9.69 Å². The Bertz CT molecular complexity index is 540. The van der Waals surface area contributed by atoms with Gasteiger partial charge < -0.3 is 15.0 Å². The number of amides is 1. The molecule has 2 unspecified atom stereocenters. The Hall–Kier alpha value is -1.43. The number of morpholine rings is 1. The average Bonchev–Trinajstić information content (AvgIpc) is 2.63. The number of hydrogen-bond acceptors (Lipinski definition) is 4. The first-order valence-electron chi connectivity index (χ1n) is 9.12. The van der Waals surface area contributed by atoms with E-state index in [1.807, 2.05) is 4.90 Å². The van der Waals surface area contributed by atoms with Crippen LogP contribution in [0, 0.1) is 0 Å². The monoisotopic (exact) mass is 331 g/mol. The first-order chi connectivity index (χ1) is 11.7. The fourth-order valence-electron chi connectivity index (χ4n) is 3.60. The van der Waals surface area contributed by atoms with Crippen LogP contribution in [0.3, 0.4) is 0 Å². The van der Waals surface area contributed by atoms with Crippen molar-refractivity contribution in [3.63, 3.8) is 0 Å². The Morgan fingerprint density at radius 2 is 1.96 bits per heavy atom. The summed E-state index contributed by atoms with van der Waals surface area (Å²) in [7, 11) is 0. The van der Waals surface area contributed by atoms with Crippen molar-refractivity contribution in [3.05, 3.63) is 35.4 Å². The van der Waals surface area contributed by atoms with Gasteiger partial charge in [0.1, 0.15) is 6.04 Å². The number of carbonyl (C=O) groups excluding carboxylic acids is 1. The van der Waals surface area contributed by atoms with Gasteiger partial charge in [-0.05, 0) is 24.5 Å². The summed E-state index contributed by atoms with van der Waals surface area (Å²) in [5, 5.41) is 3.47. The standard InChI is InChI=1S/C19H29N3O2/c1-3-16-4-6-17(7-5-16)18(22-9-8-20-15(2)14-22)19(23)21-10-12-24-13-11-21/h4-7,15,18,20H,3,8-14H2,1-2H3. The molecule has 1 aromatic rings. The molecule has 1 N–H and O–H groups in total. The Balaban J connectivity index is 1.85. The maximum atomic E-state index is 13.3. The molecule has 5 heteroatoms. The molecule has 3 rings (SSSR count). The molecule has 2 fully saturated rings. The summed E-state index contributed by atoms with van der Waals surface area (Å²) in [5.74, 6) is 0.219. The van der Waals surface area contributed by atoms with Crippen molar-refractivity contribution < 1.29 is 9.53 Å². The molecular formula is C19H29N3O2. The minimum absolute atomic E-state index is 0.182. The fraction of sp³-hybridized carbons (Fsp3) is 0.632. The van der Waals surface area contributed by atoms with Crippen LogP contribution in [0.1, 0.15) is 31.0 Å². The smallest absolute Gasteiger partial charge is 0.244 e. The van der Waals surface area contributed by atoms with Crippen LogP contribution >= 0.6 is 0 Å². The zero-order valence-corrected chi connectivity index (χ0v) is 14.8. The van der Waals surface area contributed by atoms with Gasteiger partial charge in [-0.25, -0.2) is 0 Å². The Morgan fingerprint density at radius 3 is 2.58 bits per heavy atom. The van der Waals surface area contributed by atoms with Crippen molar-refractivity contribution >= 4 is 5.91 Å². The second kappa shape index (κ2) is 8.10. The lowest BCUT2D eigenvalue weighted by Gasteiger charge is -2.40. The molecule has 2 saturated heterocycles. The van der Waals surface area contributed by atoms with Gasteiger partial charge in [0.2, 0.25) is 5.91 Å². The topological polar surface area (TPSA) is 44.8 Å². The Morgan fingerprint density at radius 1 is 1.25 bits per heavy atom. The Kier molecular flexibility index (Phi) is 5.87. The number of nitrogens with zero attached hydrogens (tertiary/aromatic N) is 2. The van der Waals surface area contributed by atoms with Crippen LogP contribution in [0.2, 0.25) is 0 Å². The molecule has 0 radical (unpaired) electrons. The van der Waals surface area contributed by atoms with E-state index in [4.69, 9.17) is 4.74 Å². The van der Waals surface area contributed by atoms with E-state index in [0.717, 1.165) is 31.6 Å². The largest absolute Gasteiger partial charge is 0.378 e. The number of piperazine rings is 1. The van der Waals surface area contributed by atoms with Crippen LogP contribution in [-0.4, -0.2) is 67.7 Å². The second-order valence-electron chi connectivity index (χ2n) is 6.79. The first kappa shape index (κ1) is 17.4. The maximum Gasteiger partial charge on any atom is 0.244 e. The van der Waals surface area contributed by atoms with Gasteiger partial charge in [0.05, 0.1) is 13.2 Å². The van der Waals surface area contributed by atoms with Crippen LogP contribution in [0.25, 0.3) is 0 Å². The van der Waals surface area contributed by atoms with Gasteiger partial charge >= 0.3 is 0 Å². The molecule has 0 saturated carbocycles. The summed E-state index contributed by atoms with van der Waals surface area (Å²) >= 11 is 0. The first-order valence-corrected chi connectivity index (χ1v) is 9.12. The van der Waals surface area contributed by atoms with Crippen LogP contribution in [0.15, 0.2) is 24.3 Å². The third kappa shape index (κ3) is 3.97. The van der Waals surface area contributed by atoms with Crippen molar-refractivity contribution in [1.82, 2.24) is 15.1 Å². The fourth-order valence-corrected chi connectivity index (χ4v) is 3.60. The van der Waals surface area contributed by atoms with Crippen LogP contribution in [0.5, 0.6) is 0 Å². The van der Waals surface area contributed by atoms with Crippen molar-refractivity contribution in [3.8, 4) is 0 Å². The van der Waals surface area contributed by atoms with Gasteiger partial charge in [0, 0.05) is 38.8 Å². The number of hydrogen-bond donors (Lipinski definition) is 1. The van der Waals surface area contributed by atoms with E-state index < -0.39 is 0 Å². The molecular weight excluding hydrogens is 302 g/mol. The summed E-state index contributed by atoms with van der Waals surface area (Å²) in [6.45, 7) is 9.76. The zero-order valence-electron chi connectivity index (χ0n) is 14.8. The second-order valence-corrected chi connectivity index (χ2v) is 6.79. The predicted molar refractivity (Wildman–Crippen MR) is 95.0 cm³/mol. The summed E-state index contributed by atoms with van der Waals surface area (Å²) in [5.41, 5.74) is 2.42. The lowest BCUT2D eigenvalue weighted by Crippen LogP contribution is -2.54. The van der Waals surface area contributed by atoms with E-state index in [1.54, 1.807) is 0 Å². The summed E-state index contributed by atoms with van der Waals surface area (Å²) in [6.07, 6.45) is 1.02. The molecule has 2 atom stereocenters. The summed E-state index contributed by atoms with van der Waals surface area (Å²) in [4.78, 5) is 17.6. The molecule has 0 spiro atoms. The highest BCUT2D eigenvalue weighted by molar-refractivity contribution is 5.83. The van der Waals surface area contributed by atoms with E-state index in [2.05, 4.69) is 48.3 Å². The molecule has 2 heterocycles. The molecule has 0 bridgehead atoms. The van der Waals surface area contributed by atoms with E-state index in [9.17, 15) is 4.79 Å². The minimum atomic E-state index is -0.182. The summed E-state index contributed by atoms with van der Waals surface area (Å²) in [6, 6.07) is 8.80. The third-order valence-electron chi connectivity index (χ3n) is 5.03. The average molecular weight is 331 g/mol. The lowest BCUT2D eigenvalue weighted by atomic mass is 9.99. The molecule has 132 valence electrons. The van der Waals surface area contributed by atoms with E-state index in [-0.39, 0.29) is 11.9 Å². The molecule has 24 heavy (non-hydrogen) atoms. The molecule has 1 aromatic carbocycles. The normalized spacial score (nSPS) is 23.9. The number of ether oxygens (including phenoxy) is 1. The molecule has 5 nitrogen and oxygen atoms in total. The molecule has 0 aliphatic carbocycles. The SMILES string of the molecule is CCc1ccc(C(C(=O)N2CCOCC2)N2CCNC(C)C2)cc1. The number of nitrogens with one attached hydrogen (secondary N) is 1. The molecule has 0 aromatic heterocycles. The Labute approximate surface area is 145 Å². The van der Waals surface area contributed by atoms with Gasteiger partial charge in [-0.1, -0.05) is 31.2 Å². The van der Waals surface area contributed by atoms with Gasteiger partial charge in [0.25, 0.3) is 0 Å². The number of benzene rings is 1. The van der Waals surface area contributed by atoms with E-state index in [0.29, 0.717) is 32.3 Å². The number of aryl methyl sites for hydroxylation is 1. The zero-order chi connectivity index (χ0) is 16.9. The van der Waals surface area contributed by atoms with Crippen LogP contribution in [0.4, 0.5) is 0 Å². The van der Waals surface area contributed by atoms with E-state index >= 15 is 0 Å². The molecule has 1 amide bonds. The van der Waals surface area contributed by atoms with Crippen molar-refractivity contribution in [2.75, 3.05) is 45.9 Å². The molecule has 2 aliphatic rings. The van der Waals surface area contributed by atoms with Gasteiger partial charge in [-0.15, -0.1) is 0 Å². The molecule has 2 aliphatic heterocycles. The van der Waals surface area contributed by atoms with Gasteiger partial charge in [-0.2, -0.15) is 0 Å². The number of rotatable bonds is 4. The van der Waals surface area contributed by atoms with E-state index in [1.165, 1.54) is 5.56 Å². The van der Waals surface area contributed by atoms with Crippen molar-refractivity contribution in [1.29, 1.82) is 0 Å². The van der Waals surface area contributed by atoms with Crippen molar-refractivity contribution in [2.24, 2.45) is 0 Å². The highest BCUT2D eigenvalue weighted by atomic mass is 16.5. The lowest BCUT2D eigenvalue weighted by molar-refractivity contribution is -0.142. The highest BCUT2D eigenvalue weighted by Gasteiger charge is 2.33.